The lowest BCUT2D eigenvalue weighted by Gasteiger charge is -2.31. The summed E-state index contributed by atoms with van der Waals surface area (Å²) >= 11 is 0. The number of nitrogens with one attached hydrogen (secondary N) is 1. The van der Waals surface area contributed by atoms with E-state index in [1.54, 1.807) is 17.0 Å². The van der Waals surface area contributed by atoms with Gasteiger partial charge in [-0.1, -0.05) is 6.58 Å². The molecule has 228 valence electrons. The van der Waals surface area contributed by atoms with E-state index in [9.17, 15) is 18.0 Å². The van der Waals surface area contributed by atoms with Gasteiger partial charge in [0.15, 0.2) is 17.4 Å². The number of nitrogens with two attached hydrogens (primary N) is 1. The van der Waals surface area contributed by atoms with Gasteiger partial charge < -0.3 is 30.2 Å². The van der Waals surface area contributed by atoms with Gasteiger partial charge in [0.25, 0.3) is 0 Å². The third-order valence-corrected chi connectivity index (χ3v) is 6.59. The molecule has 1 aliphatic rings. The van der Waals surface area contributed by atoms with Crippen LogP contribution in [0.3, 0.4) is 0 Å². The van der Waals surface area contributed by atoms with Crippen LogP contribution in [0.2, 0.25) is 0 Å². The average molecular weight is 603 g/mol. The molecular formula is C29H30F4N6O4. The van der Waals surface area contributed by atoms with Crippen LogP contribution in [-0.4, -0.2) is 65.5 Å². The molecule has 10 nitrogen and oxygen atoms in total. The molecule has 1 atom stereocenters. The van der Waals surface area contributed by atoms with Crippen LogP contribution in [0.25, 0.3) is 10.9 Å². The maximum atomic E-state index is 15.0. The lowest BCUT2D eigenvalue weighted by Crippen LogP contribution is -2.41. The number of aliphatic imine (C=N–C) groups is 1. The number of alkyl halides is 3. The van der Waals surface area contributed by atoms with E-state index in [2.05, 4.69) is 26.9 Å². The number of fused-ring (bicyclic) bond motifs is 1. The van der Waals surface area contributed by atoms with Gasteiger partial charge >= 0.3 is 6.18 Å². The van der Waals surface area contributed by atoms with E-state index in [0.29, 0.717) is 54.2 Å². The highest BCUT2D eigenvalue weighted by atomic mass is 19.4. The SMILES string of the molecule is C=CC(=O)N1CCC(Oc2cc3c(Nc4ccc(OC(N)=CC=NC(C)C(F)(F)F)cc4F)ncnc3cc2OC)CC1. The molecule has 2 heterocycles. The van der Waals surface area contributed by atoms with Crippen molar-refractivity contribution in [3.05, 3.63) is 67.1 Å². The van der Waals surface area contributed by atoms with Crippen molar-refractivity contribution in [2.45, 2.75) is 38.1 Å². The zero-order chi connectivity index (χ0) is 31.1. The minimum absolute atomic E-state index is 0.0166. The molecule has 14 heteroatoms. The molecule has 4 rings (SSSR count). The zero-order valence-electron chi connectivity index (χ0n) is 23.4. The Hall–Kier alpha value is -4.88. The molecule has 1 amide bonds. The first-order valence-electron chi connectivity index (χ1n) is 13.2. The number of benzene rings is 2. The Kier molecular flexibility index (Phi) is 9.68. The quantitative estimate of drug-likeness (QED) is 0.139. The standard InChI is InChI=1S/C29H30F4N6O4/c1-4-27(40)39-11-8-18(9-12-39)42-25-14-20-23(15-24(25)41-3)36-16-37-28(20)38-22-6-5-19(13-21(22)30)43-26(34)7-10-35-17(2)29(31,32)33/h4-7,10,13-18H,1,8-9,11-12,34H2,2-3H3,(H,36,37,38). The molecule has 0 radical (unpaired) electrons. The normalized spacial score (nSPS) is 15.4. The third kappa shape index (κ3) is 7.90. The van der Waals surface area contributed by atoms with Crippen molar-refractivity contribution in [1.82, 2.24) is 14.9 Å². The van der Waals surface area contributed by atoms with Gasteiger partial charge in [0.05, 0.1) is 18.3 Å². The van der Waals surface area contributed by atoms with Crippen LogP contribution in [0.5, 0.6) is 17.2 Å². The van der Waals surface area contributed by atoms with Gasteiger partial charge in [-0.3, -0.25) is 9.79 Å². The van der Waals surface area contributed by atoms with Crippen LogP contribution in [0.1, 0.15) is 19.8 Å². The number of hydrogen-bond acceptors (Lipinski definition) is 9. The number of anilines is 2. The summed E-state index contributed by atoms with van der Waals surface area (Å²) in [6.07, 6.45) is 1.13. The summed E-state index contributed by atoms with van der Waals surface area (Å²) in [7, 11) is 1.51. The molecule has 1 aliphatic heterocycles. The van der Waals surface area contributed by atoms with Gasteiger partial charge in [-0.2, -0.15) is 13.2 Å². The van der Waals surface area contributed by atoms with E-state index in [1.165, 1.54) is 31.6 Å². The number of carbonyl (C=O) groups excluding carboxylic acids is 1. The second-order valence-corrected chi connectivity index (χ2v) is 9.54. The first kappa shape index (κ1) is 31.1. The summed E-state index contributed by atoms with van der Waals surface area (Å²) in [5.41, 5.74) is 6.26. The summed E-state index contributed by atoms with van der Waals surface area (Å²) < 4.78 is 69.8. The van der Waals surface area contributed by atoms with Crippen molar-refractivity contribution in [2.75, 3.05) is 25.5 Å². The van der Waals surface area contributed by atoms with Crippen LogP contribution < -0.4 is 25.3 Å². The van der Waals surface area contributed by atoms with Gasteiger partial charge in [0, 0.05) is 55.7 Å². The number of hydrogen-bond donors (Lipinski definition) is 2. The van der Waals surface area contributed by atoms with E-state index in [4.69, 9.17) is 19.9 Å². The van der Waals surface area contributed by atoms with Crippen LogP contribution in [0, 0.1) is 5.82 Å². The molecule has 0 bridgehead atoms. The Morgan fingerprint density at radius 1 is 1.21 bits per heavy atom. The minimum Gasteiger partial charge on any atom is -0.493 e. The average Bonchev–Trinajstić information content (AvgIpc) is 2.97. The number of carbonyl (C=O) groups is 1. The van der Waals surface area contributed by atoms with E-state index in [-0.39, 0.29) is 29.3 Å². The van der Waals surface area contributed by atoms with Crippen LogP contribution in [0.15, 0.2) is 66.3 Å². The molecule has 0 aliphatic carbocycles. The number of halogens is 4. The van der Waals surface area contributed by atoms with Crippen molar-refractivity contribution in [1.29, 1.82) is 0 Å². The van der Waals surface area contributed by atoms with Crippen molar-refractivity contribution in [3.8, 4) is 17.2 Å². The van der Waals surface area contributed by atoms with Crippen molar-refractivity contribution >= 4 is 34.5 Å². The fraction of sp³-hybridized carbons (Fsp3) is 0.310. The molecule has 0 spiro atoms. The molecular weight excluding hydrogens is 572 g/mol. The summed E-state index contributed by atoms with van der Waals surface area (Å²) in [4.78, 5) is 25.5. The third-order valence-electron chi connectivity index (χ3n) is 6.59. The van der Waals surface area contributed by atoms with Gasteiger partial charge in [0.1, 0.15) is 35.9 Å². The Morgan fingerprint density at radius 2 is 1.95 bits per heavy atom. The van der Waals surface area contributed by atoms with E-state index in [1.807, 2.05) is 0 Å². The highest BCUT2D eigenvalue weighted by Gasteiger charge is 2.35. The maximum absolute atomic E-state index is 15.0. The minimum atomic E-state index is -4.48. The first-order valence-corrected chi connectivity index (χ1v) is 13.2. The van der Waals surface area contributed by atoms with E-state index in [0.717, 1.165) is 25.3 Å². The number of ether oxygens (including phenoxy) is 3. The maximum Gasteiger partial charge on any atom is 0.410 e. The molecule has 3 N–H and O–H groups in total. The fourth-order valence-corrected chi connectivity index (χ4v) is 4.21. The molecule has 2 aromatic carbocycles. The Bertz CT molecular complexity index is 1540. The number of rotatable bonds is 10. The van der Waals surface area contributed by atoms with Crippen molar-refractivity contribution < 1.29 is 36.6 Å². The molecule has 43 heavy (non-hydrogen) atoms. The Labute approximate surface area is 244 Å². The van der Waals surface area contributed by atoms with Crippen LogP contribution in [-0.2, 0) is 4.79 Å². The summed E-state index contributed by atoms with van der Waals surface area (Å²) in [6.45, 7) is 5.49. The van der Waals surface area contributed by atoms with Gasteiger partial charge in [0.2, 0.25) is 5.91 Å². The topological polar surface area (TPSA) is 124 Å². The van der Waals surface area contributed by atoms with Gasteiger partial charge in [-0.25, -0.2) is 14.4 Å². The molecule has 1 aromatic heterocycles. The lowest BCUT2D eigenvalue weighted by molar-refractivity contribution is -0.142. The molecule has 0 saturated carbocycles. The molecule has 1 unspecified atom stereocenters. The second kappa shape index (κ2) is 13.4. The molecule has 3 aromatic rings. The first-order chi connectivity index (χ1) is 20.5. The van der Waals surface area contributed by atoms with Crippen molar-refractivity contribution in [2.24, 2.45) is 10.7 Å². The largest absolute Gasteiger partial charge is 0.493 e. The second-order valence-electron chi connectivity index (χ2n) is 9.54. The summed E-state index contributed by atoms with van der Waals surface area (Å²) in [5.74, 6) is 0.111. The van der Waals surface area contributed by atoms with Gasteiger partial charge in [-0.05, 0) is 31.2 Å². The number of amides is 1. The smallest absolute Gasteiger partial charge is 0.410 e. The number of allylic oxidation sites excluding steroid dienone is 1. The lowest BCUT2D eigenvalue weighted by atomic mass is 10.1. The zero-order valence-corrected chi connectivity index (χ0v) is 23.4. The number of nitrogens with zero attached hydrogens (tertiary/aromatic N) is 4. The predicted molar refractivity (Wildman–Crippen MR) is 153 cm³/mol. The van der Waals surface area contributed by atoms with Gasteiger partial charge in [-0.15, -0.1) is 0 Å². The summed E-state index contributed by atoms with van der Waals surface area (Å²) in [6, 6.07) is 5.36. The number of aromatic nitrogens is 2. The van der Waals surface area contributed by atoms with Crippen molar-refractivity contribution in [3.63, 3.8) is 0 Å². The fourth-order valence-electron chi connectivity index (χ4n) is 4.21. The predicted octanol–water partition coefficient (Wildman–Crippen LogP) is 5.28. The molecule has 1 saturated heterocycles. The summed E-state index contributed by atoms with van der Waals surface area (Å²) in [5, 5.41) is 3.48. The van der Waals surface area contributed by atoms with E-state index >= 15 is 4.39 Å². The highest BCUT2D eigenvalue weighted by Crippen LogP contribution is 2.36. The highest BCUT2D eigenvalue weighted by molar-refractivity contribution is 5.93. The number of methoxy groups -OCH3 is 1. The Balaban J connectivity index is 1.49. The number of piperidine rings is 1. The Morgan fingerprint density at radius 3 is 2.60 bits per heavy atom. The molecule has 1 fully saturated rings. The van der Waals surface area contributed by atoms with Crippen LogP contribution in [0.4, 0.5) is 29.1 Å². The monoisotopic (exact) mass is 602 g/mol. The number of likely N-dealkylation sites (tertiary alicyclic amines) is 1. The van der Waals surface area contributed by atoms with Crippen LogP contribution >= 0.6 is 0 Å². The van der Waals surface area contributed by atoms with E-state index < -0.39 is 18.0 Å².